The van der Waals surface area contributed by atoms with Crippen molar-refractivity contribution in [2.45, 2.75) is 31.8 Å². The van der Waals surface area contributed by atoms with Crippen LogP contribution in [0.15, 0.2) is 24.3 Å². The van der Waals surface area contributed by atoms with E-state index in [1.807, 2.05) is 12.1 Å². The highest BCUT2D eigenvalue weighted by molar-refractivity contribution is 5.75. The van der Waals surface area contributed by atoms with Gasteiger partial charge in [-0.05, 0) is 37.1 Å². The molecule has 2 N–H and O–H groups in total. The van der Waals surface area contributed by atoms with Crippen LogP contribution in [0.2, 0.25) is 0 Å². The van der Waals surface area contributed by atoms with Crippen molar-refractivity contribution in [3.63, 3.8) is 0 Å². The van der Waals surface area contributed by atoms with Gasteiger partial charge in [0.25, 0.3) is 5.91 Å². The minimum Gasteiger partial charge on any atom is -0.484 e. The van der Waals surface area contributed by atoms with Crippen molar-refractivity contribution in [2.75, 3.05) is 46.0 Å². The third-order valence-electron chi connectivity index (χ3n) is 5.01. The highest BCUT2D eigenvalue weighted by Gasteiger charge is 2.25. The first kappa shape index (κ1) is 18.2. The molecule has 6 nitrogen and oxygen atoms in total. The Morgan fingerprint density at radius 1 is 1.16 bits per heavy atom. The number of hydrogen-bond donors (Lipinski definition) is 1. The lowest BCUT2D eigenvalue weighted by atomic mass is 10.0. The van der Waals surface area contributed by atoms with Gasteiger partial charge in [0.2, 0.25) is 0 Å². The second-order valence-electron chi connectivity index (χ2n) is 6.93. The molecule has 1 aromatic rings. The molecule has 0 unspecified atom stereocenters. The van der Waals surface area contributed by atoms with E-state index in [0.717, 1.165) is 45.9 Å². The third kappa shape index (κ3) is 5.70. The molecule has 25 heavy (non-hydrogen) atoms. The summed E-state index contributed by atoms with van der Waals surface area (Å²) in [5, 5.41) is 0. The number of amides is 1. The second kappa shape index (κ2) is 9.17. The van der Waals surface area contributed by atoms with Crippen LogP contribution in [-0.4, -0.2) is 67.7 Å². The zero-order valence-electron chi connectivity index (χ0n) is 14.9. The lowest BCUT2D eigenvalue weighted by molar-refractivity contribution is -0.119. The number of carbonyl (C=O) groups excluding carboxylic acids is 1. The van der Waals surface area contributed by atoms with Crippen molar-refractivity contribution in [1.29, 1.82) is 0 Å². The summed E-state index contributed by atoms with van der Waals surface area (Å²) in [4.78, 5) is 15.9. The van der Waals surface area contributed by atoms with E-state index in [0.29, 0.717) is 11.8 Å². The van der Waals surface area contributed by atoms with E-state index in [-0.39, 0.29) is 6.61 Å². The zero-order valence-corrected chi connectivity index (χ0v) is 14.9. The van der Waals surface area contributed by atoms with E-state index in [4.69, 9.17) is 15.2 Å². The van der Waals surface area contributed by atoms with Crippen molar-refractivity contribution >= 4 is 5.91 Å². The molecule has 0 aliphatic carbocycles. The highest BCUT2D eigenvalue weighted by Crippen LogP contribution is 2.22. The molecule has 0 radical (unpaired) electrons. The molecule has 2 fully saturated rings. The number of nitrogens with two attached hydrogens (primary N) is 1. The smallest absolute Gasteiger partial charge is 0.255 e. The SMILES string of the molecule is NC(=O)COc1ccc(CN2CCCC[C@@H]2CN2CCOCC2)cc1. The fourth-order valence-corrected chi connectivity index (χ4v) is 3.64. The van der Waals surface area contributed by atoms with Crippen molar-refractivity contribution in [2.24, 2.45) is 5.73 Å². The Morgan fingerprint density at radius 3 is 2.64 bits per heavy atom. The van der Waals surface area contributed by atoms with E-state index in [1.54, 1.807) is 0 Å². The minimum absolute atomic E-state index is 0.0763. The van der Waals surface area contributed by atoms with Crippen LogP contribution in [0.25, 0.3) is 0 Å². The van der Waals surface area contributed by atoms with Crippen LogP contribution in [0.1, 0.15) is 24.8 Å². The Morgan fingerprint density at radius 2 is 1.92 bits per heavy atom. The quantitative estimate of drug-likeness (QED) is 0.804. The Hall–Kier alpha value is -1.63. The average molecular weight is 347 g/mol. The lowest BCUT2D eigenvalue weighted by Crippen LogP contribution is -2.49. The van der Waals surface area contributed by atoms with Crippen LogP contribution in [-0.2, 0) is 16.1 Å². The predicted octanol–water partition coefficient (Wildman–Crippen LogP) is 1.24. The number of likely N-dealkylation sites (tertiary alicyclic amines) is 1. The fraction of sp³-hybridized carbons (Fsp3) is 0.632. The van der Waals surface area contributed by atoms with Gasteiger partial charge >= 0.3 is 0 Å². The van der Waals surface area contributed by atoms with Crippen molar-refractivity contribution in [3.8, 4) is 5.75 Å². The number of primary amides is 1. The van der Waals surface area contributed by atoms with Gasteiger partial charge in [-0.1, -0.05) is 18.6 Å². The first-order valence-corrected chi connectivity index (χ1v) is 9.25. The summed E-state index contributed by atoms with van der Waals surface area (Å²) in [5.74, 6) is 0.231. The van der Waals surface area contributed by atoms with Crippen LogP contribution < -0.4 is 10.5 Å². The highest BCUT2D eigenvalue weighted by atomic mass is 16.5. The van der Waals surface area contributed by atoms with E-state index in [9.17, 15) is 4.79 Å². The Labute approximate surface area is 149 Å². The minimum atomic E-state index is -0.455. The van der Waals surface area contributed by atoms with E-state index in [1.165, 1.54) is 24.8 Å². The number of hydrogen-bond acceptors (Lipinski definition) is 5. The van der Waals surface area contributed by atoms with Gasteiger partial charge < -0.3 is 15.2 Å². The van der Waals surface area contributed by atoms with Crippen molar-refractivity contribution in [1.82, 2.24) is 9.80 Å². The molecule has 1 amide bonds. The van der Waals surface area contributed by atoms with Gasteiger partial charge in [0.15, 0.2) is 6.61 Å². The van der Waals surface area contributed by atoms with Gasteiger partial charge in [-0.3, -0.25) is 14.6 Å². The molecule has 3 rings (SSSR count). The Kier molecular flexibility index (Phi) is 6.67. The molecule has 0 saturated carbocycles. The fourth-order valence-electron chi connectivity index (χ4n) is 3.64. The van der Waals surface area contributed by atoms with Gasteiger partial charge in [0, 0.05) is 32.2 Å². The summed E-state index contributed by atoms with van der Waals surface area (Å²) >= 11 is 0. The van der Waals surface area contributed by atoms with E-state index >= 15 is 0 Å². The maximum atomic E-state index is 10.8. The first-order valence-electron chi connectivity index (χ1n) is 9.25. The van der Waals surface area contributed by atoms with Crippen LogP contribution in [0.5, 0.6) is 5.75 Å². The molecule has 0 aromatic heterocycles. The first-order chi connectivity index (χ1) is 12.2. The molecule has 0 bridgehead atoms. The Balaban J connectivity index is 1.54. The molecule has 2 aliphatic rings. The van der Waals surface area contributed by atoms with Gasteiger partial charge in [-0.15, -0.1) is 0 Å². The summed E-state index contributed by atoms with van der Waals surface area (Å²) in [5.41, 5.74) is 6.38. The molecule has 138 valence electrons. The molecule has 0 spiro atoms. The van der Waals surface area contributed by atoms with Crippen LogP contribution in [0.3, 0.4) is 0 Å². The molecule has 1 atom stereocenters. The monoisotopic (exact) mass is 347 g/mol. The largest absolute Gasteiger partial charge is 0.484 e. The normalized spacial score (nSPS) is 22.6. The molecular weight excluding hydrogens is 318 g/mol. The van der Waals surface area contributed by atoms with Gasteiger partial charge in [0.05, 0.1) is 13.2 Å². The third-order valence-corrected chi connectivity index (χ3v) is 5.01. The number of piperidine rings is 1. The van der Waals surface area contributed by atoms with Gasteiger partial charge in [-0.2, -0.15) is 0 Å². The number of rotatable bonds is 7. The second-order valence-corrected chi connectivity index (χ2v) is 6.93. The number of carbonyl (C=O) groups is 1. The summed E-state index contributed by atoms with van der Waals surface area (Å²) < 4.78 is 10.8. The van der Waals surface area contributed by atoms with E-state index < -0.39 is 5.91 Å². The predicted molar refractivity (Wildman–Crippen MR) is 96.4 cm³/mol. The number of morpholine rings is 1. The van der Waals surface area contributed by atoms with E-state index in [2.05, 4.69) is 21.9 Å². The molecular formula is C19H29N3O3. The van der Waals surface area contributed by atoms with Crippen molar-refractivity contribution in [3.05, 3.63) is 29.8 Å². The van der Waals surface area contributed by atoms with Crippen molar-refractivity contribution < 1.29 is 14.3 Å². The van der Waals surface area contributed by atoms with Crippen LogP contribution in [0.4, 0.5) is 0 Å². The lowest BCUT2D eigenvalue weighted by Gasteiger charge is -2.39. The molecule has 2 saturated heterocycles. The number of nitrogens with zero attached hydrogens (tertiary/aromatic N) is 2. The summed E-state index contributed by atoms with van der Waals surface area (Å²) in [6, 6.07) is 8.61. The van der Waals surface area contributed by atoms with Gasteiger partial charge in [-0.25, -0.2) is 0 Å². The molecule has 2 heterocycles. The topological polar surface area (TPSA) is 68.0 Å². The maximum Gasteiger partial charge on any atom is 0.255 e. The summed E-state index contributed by atoms with van der Waals surface area (Å²) in [6.45, 7) is 7.02. The summed E-state index contributed by atoms with van der Waals surface area (Å²) in [6.07, 6.45) is 3.88. The molecule has 2 aliphatic heterocycles. The van der Waals surface area contributed by atoms with Crippen LogP contribution in [0, 0.1) is 0 Å². The van der Waals surface area contributed by atoms with Gasteiger partial charge in [0.1, 0.15) is 5.75 Å². The Bertz CT molecular complexity index is 543. The van der Waals surface area contributed by atoms with Crippen LogP contribution >= 0.6 is 0 Å². The standard InChI is InChI=1S/C19H29N3O3/c20-19(23)15-25-18-6-4-16(5-7-18)13-22-8-2-1-3-17(22)14-21-9-11-24-12-10-21/h4-7,17H,1-3,8-15H2,(H2,20,23)/t17-/m1/s1. The number of benzene rings is 1. The summed E-state index contributed by atoms with van der Waals surface area (Å²) in [7, 11) is 0. The number of ether oxygens (including phenoxy) is 2. The maximum absolute atomic E-state index is 10.8. The molecule has 6 heteroatoms. The average Bonchev–Trinajstić information content (AvgIpc) is 2.63. The zero-order chi connectivity index (χ0) is 17.5. The molecule has 1 aromatic carbocycles.